The summed E-state index contributed by atoms with van der Waals surface area (Å²) in [5.74, 6) is 0.166. The molecule has 0 amide bonds. The molecule has 1 unspecified atom stereocenters. The summed E-state index contributed by atoms with van der Waals surface area (Å²) < 4.78 is 6.11. The van der Waals surface area contributed by atoms with Gasteiger partial charge < -0.3 is 10.5 Å². The summed E-state index contributed by atoms with van der Waals surface area (Å²) in [6.45, 7) is 10.9. The van der Waals surface area contributed by atoms with Crippen LogP contribution in [0.5, 0.6) is 0 Å². The van der Waals surface area contributed by atoms with Gasteiger partial charge in [0, 0.05) is 19.6 Å². The van der Waals surface area contributed by atoms with Crippen LogP contribution in [0.15, 0.2) is 30.3 Å². The third-order valence-electron chi connectivity index (χ3n) is 3.78. The summed E-state index contributed by atoms with van der Waals surface area (Å²) in [5.41, 5.74) is 6.59. The summed E-state index contributed by atoms with van der Waals surface area (Å²) in [6, 6.07) is 10.1. The van der Waals surface area contributed by atoms with Crippen molar-refractivity contribution in [2.75, 3.05) is 19.6 Å². The van der Waals surface area contributed by atoms with Gasteiger partial charge in [0.2, 0.25) is 0 Å². The molecule has 1 aliphatic heterocycles. The zero-order chi connectivity index (χ0) is 15.7. The first kappa shape index (κ1) is 16.0. The Balaban J connectivity index is 2.16. The highest BCUT2D eigenvalue weighted by Crippen LogP contribution is 2.29. The van der Waals surface area contributed by atoms with E-state index in [0.29, 0.717) is 0 Å². The molecule has 21 heavy (non-hydrogen) atoms. The molecule has 3 N–H and O–H groups in total. The number of hydrogen-bond acceptors (Lipinski definition) is 3. The van der Waals surface area contributed by atoms with Crippen molar-refractivity contribution < 1.29 is 4.74 Å². The Bertz CT molecular complexity index is 480. The van der Waals surface area contributed by atoms with Crippen LogP contribution in [0.3, 0.4) is 0 Å². The van der Waals surface area contributed by atoms with Crippen LogP contribution < -0.4 is 5.73 Å². The molecule has 0 saturated carbocycles. The van der Waals surface area contributed by atoms with Gasteiger partial charge in [0.1, 0.15) is 0 Å². The van der Waals surface area contributed by atoms with Crippen LogP contribution in [-0.2, 0) is 4.74 Å². The van der Waals surface area contributed by atoms with Gasteiger partial charge in [-0.25, -0.2) is 0 Å². The molecular formula is C17H27N3O. The number of hydrogen-bond donors (Lipinski definition) is 2. The molecule has 116 valence electrons. The molecule has 1 fully saturated rings. The van der Waals surface area contributed by atoms with Crippen LogP contribution in [0.4, 0.5) is 0 Å². The molecule has 1 aliphatic rings. The lowest BCUT2D eigenvalue weighted by Gasteiger charge is -2.48. The molecule has 1 aromatic carbocycles. The van der Waals surface area contributed by atoms with Crippen molar-refractivity contribution in [3.63, 3.8) is 0 Å². The lowest BCUT2D eigenvalue weighted by Crippen LogP contribution is -2.58. The molecule has 1 heterocycles. The summed E-state index contributed by atoms with van der Waals surface area (Å²) >= 11 is 0. The minimum absolute atomic E-state index is 0.0594. The average Bonchev–Trinajstić information content (AvgIpc) is 2.33. The Labute approximate surface area is 127 Å². The number of morpholine rings is 1. The van der Waals surface area contributed by atoms with Crippen molar-refractivity contribution >= 4 is 5.84 Å². The molecule has 1 saturated heterocycles. The summed E-state index contributed by atoms with van der Waals surface area (Å²) in [5, 5.41) is 7.93. The Morgan fingerprint density at radius 1 is 1.19 bits per heavy atom. The number of rotatable bonds is 4. The topological polar surface area (TPSA) is 62.3 Å². The van der Waals surface area contributed by atoms with Crippen LogP contribution in [0.1, 0.15) is 39.2 Å². The van der Waals surface area contributed by atoms with Gasteiger partial charge in [0.05, 0.1) is 23.0 Å². The SMILES string of the molecule is CC1(C)CN(CC(C(=N)N)c2ccccc2)CC(C)(C)O1. The smallest absolute Gasteiger partial charge is 0.0995 e. The van der Waals surface area contributed by atoms with Crippen LogP contribution in [-0.4, -0.2) is 41.6 Å². The van der Waals surface area contributed by atoms with E-state index >= 15 is 0 Å². The fourth-order valence-corrected chi connectivity index (χ4v) is 3.40. The first-order valence-electron chi connectivity index (χ1n) is 7.50. The lowest BCUT2D eigenvalue weighted by atomic mass is 9.94. The third-order valence-corrected chi connectivity index (χ3v) is 3.78. The second-order valence-electron chi connectivity index (χ2n) is 7.21. The highest BCUT2D eigenvalue weighted by atomic mass is 16.5. The molecular weight excluding hydrogens is 262 g/mol. The fourth-order valence-electron chi connectivity index (χ4n) is 3.40. The van der Waals surface area contributed by atoms with Gasteiger partial charge in [-0.2, -0.15) is 0 Å². The maximum atomic E-state index is 7.93. The van der Waals surface area contributed by atoms with E-state index < -0.39 is 0 Å². The Kier molecular flexibility index (Phi) is 4.40. The zero-order valence-electron chi connectivity index (χ0n) is 13.5. The molecule has 2 rings (SSSR count). The van der Waals surface area contributed by atoms with Gasteiger partial charge in [0.15, 0.2) is 0 Å². The highest BCUT2D eigenvalue weighted by Gasteiger charge is 2.38. The Morgan fingerprint density at radius 3 is 2.19 bits per heavy atom. The van der Waals surface area contributed by atoms with Crippen molar-refractivity contribution in [1.82, 2.24) is 4.90 Å². The largest absolute Gasteiger partial charge is 0.387 e. The van der Waals surface area contributed by atoms with Crippen LogP contribution in [0.2, 0.25) is 0 Å². The van der Waals surface area contributed by atoms with Gasteiger partial charge >= 0.3 is 0 Å². The van der Waals surface area contributed by atoms with Crippen LogP contribution in [0.25, 0.3) is 0 Å². The minimum Gasteiger partial charge on any atom is -0.387 e. The fraction of sp³-hybridized carbons (Fsp3) is 0.588. The van der Waals surface area contributed by atoms with Crippen LogP contribution in [0, 0.1) is 5.41 Å². The number of benzene rings is 1. The predicted molar refractivity (Wildman–Crippen MR) is 86.8 cm³/mol. The number of nitrogens with two attached hydrogens (primary N) is 1. The minimum atomic E-state index is -0.181. The molecule has 0 aliphatic carbocycles. The molecule has 0 radical (unpaired) electrons. The summed E-state index contributed by atoms with van der Waals surface area (Å²) in [4.78, 5) is 2.36. The molecule has 0 aromatic heterocycles. The molecule has 0 bridgehead atoms. The Hall–Kier alpha value is -1.39. The van der Waals surface area contributed by atoms with Crippen molar-refractivity contribution in [1.29, 1.82) is 5.41 Å². The molecule has 4 nitrogen and oxygen atoms in total. The molecule has 1 aromatic rings. The first-order valence-corrected chi connectivity index (χ1v) is 7.50. The van der Waals surface area contributed by atoms with Gasteiger partial charge in [0.25, 0.3) is 0 Å². The van der Waals surface area contributed by atoms with E-state index in [-0.39, 0.29) is 23.0 Å². The number of ether oxygens (including phenoxy) is 1. The van der Waals surface area contributed by atoms with E-state index in [4.69, 9.17) is 15.9 Å². The second kappa shape index (κ2) is 5.78. The first-order chi connectivity index (χ1) is 9.69. The number of amidine groups is 1. The monoisotopic (exact) mass is 289 g/mol. The summed E-state index contributed by atoms with van der Waals surface area (Å²) in [7, 11) is 0. The van der Waals surface area contributed by atoms with Crippen molar-refractivity contribution in [3.8, 4) is 0 Å². The van der Waals surface area contributed by atoms with Crippen molar-refractivity contribution in [2.45, 2.75) is 44.8 Å². The van der Waals surface area contributed by atoms with E-state index in [9.17, 15) is 0 Å². The normalized spacial score (nSPS) is 22.7. The summed E-state index contributed by atoms with van der Waals surface area (Å²) in [6.07, 6.45) is 0. The van der Waals surface area contributed by atoms with Crippen molar-refractivity contribution in [2.24, 2.45) is 5.73 Å². The third kappa shape index (κ3) is 4.29. The number of nitrogens with zero attached hydrogens (tertiary/aromatic N) is 1. The maximum Gasteiger partial charge on any atom is 0.0995 e. The zero-order valence-corrected chi connectivity index (χ0v) is 13.5. The average molecular weight is 289 g/mol. The predicted octanol–water partition coefficient (Wildman–Crippen LogP) is 2.60. The Morgan fingerprint density at radius 2 is 1.71 bits per heavy atom. The van der Waals surface area contributed by atoms with Gasteiger partial charge in [-0.05, 0) is 33.3 Å². The maximum absolute atomic E-state index is 7.93. The van der Waals surface area contributed by atoms with Gasteiger partial charge in [-0.15, -0.1) is 0 Å². The molecule has 0 spiro atoms. The molecule has 1 atom stereocenters. The van der Waals surface area contributed by atoms with E-state index in [1.807, 2.05) is 30.3 Å². The van der Waals surface area contributed by atoms with Gasteiger partial charge in [-0.1, -0.05) is 30.3 Å². The number of nitrogens with one attached hydrogen (secondary N) is 1. The molecule has 4 heteroatoms. The van der Waals surface area contributed by atoms with E-state index in [0.717, 1.165) is 25.2 Å². The van der Waals surface area contributed by atoms with E-state index in [1.54, 1.807) is 0 Å². The quantitative estimate of drug-likeness (QED) is 0.661. The van der Waals surface area contributed by atoms with E-state index in [1.165, 1.54) is 0 Å². The lowest BCUT2D eigenvalue weighted by molar-refractivity contribution is -0.180. The standard InChI is InChI=1S/C17H27N3O/c1-16(2)11-20(12-17(3,4)21-16)10-14(15(18)19)13-8-6-5-7-9-13/h5-9,14H,10-12H2,1-4H3,(H3,18,19). The highest BCUT2D eigenvalue weighted by molar-refractivity contribution is 5.84. The van der Waals surface area contributed by atoms with Crippen molar-refractivity contribution in [3.05, 3.63) is 35.9 Å². The van der Waals surface area contributed by atoms with Gasteiger partial charge in [-0.3, -0.25) is 10.3 Å². The van der Waals surface area contributed by atoms with E-state index in [2.05, 4.69) is 32.6 Å². The second-order valence-corrected chi connectivity index (χ2v) is 7.21. The van der Waals surface area contributed by atoms with Crippen LogP contribution >= 0.6 is 0 Å².